The van der Waals surface area contributed by atoms with Gasteiger partial charge in [-0.25, -0.2) is 0 Å². The molecule has 0 aromatic heterocycles. The van der Waals surface area contributed by atoms with Crippen molar-refractivity contribution in [2.24, 2.45) is 0 Å². The van der Waals surface area contributed by atoms with Crippen LogP contribution in [0.1, 0.15) is 25.0 Å². The van der Waals surface area contributed by atoms with Gasteiger partial charge in [0.25, 0.3) is 0 Å². The molecule has 2 rings (SSSR count). The summed E-state index contributed by atoms with van der Waals surface area (Å²) in [5, 5.41) is 0. The zero-order valence-corrected chi connectivity index (χ0v) is 8.90. The Bertz CT molecular complexity index is 361. The molecule has 1 aromatic rings. The number of fused-ring (bicyclic) bond motifs is 1. The molecule has 0 fully saturated rings. The molecule has 0 unspecified atom stereocenters. The molecule has 0 aliphatic heterocycles. The van der Waals surface area contributed by atoms with Gasteiger partial charge in [0.15, 0.2) is 0 Å². The molecule has 0 amide bonds. The predicted octanol–water partition coefficient (Wildman–Crippen LogP) is 3.80. The van der Waals surface area contributed by atoms with Crippen molar-refractivity contribution in [3.63, 3.8) is 0 Å². The number of allylic oxidation sites excluding steroid dienone is 2. The van der Waals surface area contributed by atoms with E-state index < -0.39 is 0 Å². The largest absolute Gasteiger partial charge is 0.0654 e. The topological polar surface area (TPSA) is 0 Å². The van der Waals surface area contributed by atoms with Gasteiger partial charge in [-0.1, -0.05) is 27.6 Å². The Labute approximate surface area is 81.4 Å². The minimum atomic E-state index is 1.13. The van der Waals surface area contributed by atoms with Gasteiger partial charge in [0, 0.05) is 4.47 Å². The molecule has 0 N–H and O–H groups in total. The summed E-state index contributed by atoms with van der Waals surface area (Å²) in [6.45, 7) is 4.41. The first-order valence-corrected chi connectivity index (χ1v) is 4.93. The van der Waals surface area contributed by atoms with Crippen LogP contribution < -0.4 is 0 Å². The van der Waals surface area contributed by atoms with Gasteiger partial charge in [-0.05, 0) is 49.1 Å². The summed E-state index contributed by atoms with van der Waals surface area (Å²) >= 11 is 3.49. The van der Waals surface area contributed by atoms with Crippen molar-refractivity contribution in [3.8, 4) is 0 Å². The van der Waals surface area contributed by atoms with Gasteiger partial charge in [-0.15, -0.1) is 0 Å². The van der Waals surface area contributed by atoms with Gasteiger partial charge >= 0.3 is 0 Å². The molecule has 0 nitrogen and oxygen atoms in total. The highest BCUT2D eigenvalue weighted by atomic mass is 79.9. The molecule has 0 atom stereocenters. The van der Waals surface area contributed by atoms with Gasteiger partial charge in [-0.2, -0.15) is 0 Å². The molecule has 0 saturated heterocycles. The average molecular weight is 223 g/mol. The molecule has 0 bridgehead atoms. The van der Waals surface area contributed by atoms with E-state index in [4.69, 9.17) is 0 Å². The fourth-order valence-corrected chi connectivity index (χ4v) is 2.06. The third-order valence-corrected chi connectivity index (χ3v) is 3.06. The lowest BCUT2D eigenvalue weighted by molar-refractivity contribution is 1.19. The van der Waals surface area contributed by atoms with Crippen molar-refractivity contribution in [2.75, 3.05) is 0 Å². The molecule has 12 heavy (non-hydrogen) atoms. The van der Waals surface area contributed by atoms with Crippen LogP contribution in [0.25, 0.3) is 5.57 Å². The van der Waals surface area contributed by atoms with Crippen LogP contribution in [0.4, 0.5) is 0 Å². The van der Waals surface area contributed by atoms with E-state index in [1.165, 1.54) is 26.7 Å². The van der Waals surface area contributed by atoms with Gasteiger partial charge in [0.2, 0.25) is 0 Å². The van der Waals surface area contributed by atoms with Gasteiger partial charge in [-0.3, -0.25) is 0 Å². The second-order valence-corrected chi connectivity index (χ2v) is 4.30. The standard InChI is InChI=1S/C11H11Br/c1-7-5-9-3-4-10(12)6-11(9)8(7)2/h3-4,6H,5H2,1-2H3. The number of rotatable bonds is 0. The van der Waals surface area contributed by atoms with E-state index in [-0.39, 0.29) is 0 Å². The maximum Gasteiger partial charge on any atom is 0.0181 e. The van der Waals surface area contributed by atoms with Crippen molar-refractivity contribution in [3.05, 3.63) is 39.4 Å². The Morgan fingerprint density at radius 3 is 2.75 bits per heavy atom. The molecule has 0 spiro atoms. The fourth-order valence-electron chi connectivity index (χ4n) is 1.70. The van der Waals surface area contributed by atoms with Crippen LogP contribution >= 0.6 is 15.9 Å². The van der Waals surface area contributed by atoms with E-state index in [1.54, 1.807) is 0 Å². The van der Waals surface area contributed by atoms with Crippen LogP contribution in [0.15, 0.2) is 28.2 Å². The van der Waals surface area contributed by atoms with Crippen LogP contribution in [-0.2, 0) is 6.42 Å². The average Bonchev–Trinajstić information content (AvgIpc) is 2.31. The fraction of sp³-hybridized carbons (Fsp3) is 0.273. The smallest absolute Gasteiger partial charge is 0.0181 e. The van der Waals surface area contributed by atoms with E-state index in [0.29, 0.717) is 0 Å². The minimum Gasteiger partial charge on any atom is -0.0654 e. The highest BCUT2D eigenvalue weighted by Gasteiger charge is 2.14. The summed E-state index contributed by atoms with van der Waals surface area (Å²) in [6, 6.07) is 6.53. The van der Waals surface area contributed by atoms with Crippen LogP contribution in [0, 0.1) is 0 Å². The van der Waals surface area contributed by atoms with Crippen LogP contribution in [-0.4, -0.2) is 0 Å². The first-order valence-electron chi connectivity index (χ1n) is 4.13. The third kappa shape index (κ3) is 1.13. The lowest BCUT2D eigenvalue weighted by Crippen LogP contribution is -1.81. The Balaban J connectivity index is 2.60. The lowest BCUT2D eigenvalue weighted by atomic mass is 10.1. The van der Waals surface area contributed by atoms with Crippen molar-refractivity contribution in [1.29, 1.82) is 0 Å². The van der Waals surface area contributed by atoms with E-state index in [2.05, 4.69) is 48.0 Å². The number of hydrogen-bond acceptors (Lipinski definition) is 0. The van der Waals surface area contributed by atoms with Crippen LogP contribution in [0.5, 0.6) is 0 Å². The molecular formula is C11H11Br. The van der Waals surface area contributed by atoms with E-state index in [9.17, 15) is 0 Å². The molecule has 0 radical (unpaired) electrons. The van der Waals surface area contributed by atoms with Crippen LogP contribution in [0.3, 0.4) is 0 Å². The summed E-state index contributed by atoms with van der Waals surface area (Å²) in [5.74, 6) is 0. The predicted molar refractivity (Wildman–Crippen MR) is 56.1 cm³/mol. The highest BCUT2D eigenvalue weighted by molar-refractivity contribution is 9.10. The second kappa shape index (κ2) is 2.74. The second-order valence-electron chi connectivity index (χ2n) is 3.38. The lowest BCUT2D eigenvalue weighted by Gasteiger charge is -2.00. The molecule has 0 heterocycles. The summed E-state index contributed by atoms with van der Waals surface area (Å²) in [5.41, 5.74) is 5.84. The van der Waals surface area contributed by atoms with Gasteiger partial charge in [0.05, 0.1) is 0 Å². The Morgan fingerprint density at radius 2 is 2.00 bits per heavy atom. The summed E-state index contributed by atoms with van der Waals surface area (Å²) in [6.07, 6.45) is 1.13. The van der Waals surface area contributed by atoms with Gasteiger partial charge < -0.3 is 0 Å². The molecule has 1 heteroatoms. The van der Waals surface area contributed by atoms with Crippen molar-refractivity contribution in [2.45, 2.75) is 20.3 Å². The molecule has 62 valence electrons. The summed E-state index contributed by atoms with van der Waals surface area (Å²) in [4.78, 5) is 0. The first-order chi connectivity index (χ1) is 5.68. The first kappa shape index (κ1) is 8.06. The van der Waals surface area contributed by atoms with E-state index in [1.807, 2.05) is 0 Å². The minimum absolute atomic E-state index is 1.13. The molecular weight excluding hydrogens is 212 g/mol. The Kier molecular flexibility index (Phi) is 1.84. The maximum atomic E-state index is 3.49. The third-order valence-electron chi connectivity index (χ3n) is 2.57. The normalized spacial score (nSPS) is 15.2. The quantitative estimate of drug-likeness (QED) is 0.627. The SMILES string of the molecule is CC1=C(C)c2cc(Br)ccc2C1. The molecule has 1 aliphatic rings. The number of hydrogen-bond donors (Lipinski definition) is 0. The Morgan fingerprint density at radius 1 is 1.25 bits per heavy atom. The molecule has 1 aromatic carbocycles. The maximum absolute atomic E-state index is 3.49. The van der Waals surface area contributed by atoms with Crippen molar-refractivity contribution >= 4 is 21.5 Å². The van der Waals surface area contributed by atoms with Gasteiger partial charge in [0.1, 0.15) is 0 Å². The summed E-state index contributed by atoms with van der Waals surface area (Å²) in [7, 11) is 0. The van der Waals surface area contributed by atoms with E-state index >= 15 is 0 Å². The number of halogens is 1. The summed E-state index contributed by atoms with van der Waals surface area (Å²) < 4.78 is 1.18. The molecule has 1 aliphatic carbocycles. The highest BCUT2D eigenvalue weighted by Crippen LogP contribution is 2.33. The van der Waals surface area contributed by atoms with Crippen molar-refractivity contribution < 1.29 is 0 Å². The monoisotopic (exact) mass is 222 g/mol. The Hall–Kier alpha value is -0.560. The van der Waals surface area contributed by atoms with E-state index in [0.717, 1.165) is 6.42 Å². The molecule has 0 saturated carbocycles. The zero-order valence-electron chi connectivity index (χ0n) is 7.32. The van der Waals surface area contributed by atoms with Crippen LogP contribution in [0.2, 0.25) is 0 Å². The number of benzene rings is 1. The van der Waals surface area contributed by atoms with Crippen molar-refractivity contribution in [1.82, 2.24) is 0 Å². The zero-order chi connectivity index (χ0) is 8.72.